The van der Waals surface area contributed by atoms with Gasteiger partial charge in [0.15, 0.2) is 0 Å². The number of carboxylic acid groups (broad SMARTS) is 1. The molecule has 0 fully saturated rings. The molecule has 0 amide bonds. The van der Waals surface area contributed by atoms with Crippen LogP contribution >= 0.6 is 0 Å². The molecule has 8 heteroatoms. The zero-order chi connectivity index (χ0) is 15.5. The second kappa shape index (κ2) is 6.29. The summed E-state index contributed by atoms with van der Waals surface area (Å²) in [6.07, 6.45) is 0. The molecular weight excluding hydrogens is 289 g/mol. The zero-order valence-corrected chi connectivity index (χ0v) is 11.9. The quantitative estimate of drug-likeness (QED) is 0.719. The van der Waals surface area contributed by atoms with E-state index in [9.17, 15) is 17.6 Å². The molecule has 1 aromatic rings. The van der Waals surface area contributed by atoms with Gasteiger partial charge in [0, 0.05) is 18.7 Å². The van der Waals surface area contributed by atoms with Crippen LogP contribution in [-0.4, -0.2) is 37.8 Å². The first-order chi connectivity index (χ1) is 9.19. The lowest BCUT2D eigenvalue weighted by Gasteiger charge is -2.13. The van der Waals surface area contributed by atoms with E-state index in [-0.39, 0.29) is 24.6 Å². The smallest absolute Gasteiger partial charge is 0.335 e. The highest BCUT2D eigenvalue weighted by Gasteiger charge is 2.22. The first-order valence-electron chi connectivity index (χ1n) is 5.83. The van der Waals surface area contributed by atoms with Crippen LogP contribution in [0.25, 0.3) is 0 Å². The number of rotatable bonds is 6. The number of carbonyl (C=O) groups is 1. The number of aliphatic hydroxyl groups is 1. The van der Waals surface area contributed by atoms with E-state index in [1.807, 2.05) is 0 Å². The fraction of sp³-hybridized carbons (Fsp3) is 0.417. The van der Waals surface area contributed by atoms with Crippen molar-refractivity contribution in [3.05, 3.63) is 29.1 Å². The third-order valence-corrected chi connectivity index (χ3v) is 4.32. The fourth-order valence-corrected chi connectivity index (χ4v) is 2.89. The molecule has 0 bridgehead atoms. The van der Waals surface area contributed by atoms with Crippen LogP contribution in [0.4, 0.5) is 4.39 Å². The average Bonchev–Trinajstić information content (AvgIpc) is 2.38. The van der Waals surface area contributed by atoms with Crippen molar-refractivity contribution < 1.29 is 27.8 Å². The summed E-state index contributed by atoms with van der Waals surface area (Å²) in [5.74, 6) is -2.62. The number of aromatic carboxylic acids is 1. The van der Waals surface area contributed by atoms with E-state index in [0.717, 1.165) is 12.1 Å². The minimum absolute atomic E-state index is 0.0306. The van der Waals surface area contributed by atoms with Crippen LogP contribution in [0.1, 0.15) is 22.8 Å². The lowest BCUT2D eigenvalue weighted by molar-refractivity contribution is 0.0696. The monoisotopic (exact) mass is 305 g/mol. The van der Waals surface area contributed by atoms with E-state index in [4.69, 9.17) is 10.2 Å². The first-order valence-corrected chi connectivity index (χ1v) is 7.31. The number of nitrogens with one attached hydrogen (secondary N) is 1. The SMILES string of the molecule is Cc1c(F)cc(C(=O)O)cc1S(=O)(=O)NCC(C)CO. The largest absolute Gasteiger partial charge is 0.478 e. The van der Waals surface area contributed by atoms with Gasteiger partial charge in [-0.05, 0) is 25.0 Å². The van der Waals surface area contributed by atoms with Crippen LogP contribution in [0, 0.1) is 18.7 Å². The second-order valence-corrected chi connectivity index (χ2v) is 6.26. The van der Waals surface area contributed by atoms with Crippen LogP contribution in [0.15, 0.2) is 17.0 Å². The Balaban J connectivity index is 3.20. The lowest BCUT2D eigenvalue weighted by Crippen LogP contribution is -2.30. The molecule has 1 unspecified atom stereocenters. The normalized spacial score (nSPS) is 13.2. The van der Waals surface area contributed by atoms with Crippen molar-refractivity contribution >= 4 is 16.0 Å². The Morgan fingerprint density at radius 1 is 1.45 bits per heavy atom. The van der Waals surface area contributed by atoms with Crippen LogP contribution in [-0.2, 0) is 10.0 Å². The molecule has 0 aliphatic rings. The fourth-order valence-electron chi connectivity index (χ4n) is 1.45. The molecule has 1 atom stereocenters. The van der Waals surface area contributed by atoms with Crippen molar-refractivity contribution in [1.82, 2.24) is 4.72 Å². The Morgan fingerprint density at radius 2 is 2.05 bits per heavy atom. The molecule has 0 saturated carbocycles. The third kappa shape index (κ3) is 3.75. The number of sulfonamides is 1. The van der Waals surface area contributed by atoms with Gasteiger partial charge in [0.2, 0.25) is 10.0 Å². The number of hydrogen-bond donors (Lipinski definition) is 3. The minimum atomic E-state index is -4.04. The van der Waals surface area contributed by atoms with Gasteiger partial charge in [-0.15, -0.1) is 0 Å². The maximum Gasteiger partial charge on any atom is 0.335 e. The van der Waals surface area contributed by atoms with E-state index in [2.05, 4.69) is 4.72 Å². The van der Waals surface area contributed by atoms with Gasteiger partial charge >= 0.3 is 5.97 Å². The molecule has 0 saturated heterocycles. The minimum Gasteiger partial charge on any atom is -0.478 e. The molecule has 20 heavy (non-hydrogen) atoms. The van der Waals surface area contributed by atoms with E-state index < -0.39 is 32.3 Å². The van der Waals surface area contributed by atoms with Crippen LogP contribution in [0.2, 0.25) is 0 Å². The Bertz CT molecular complexity index is 615. The van der Waals surface area contributed by atoms with Gasteiger partial charge in [0.25, 0.3) is 0 Å². The summed E-state index contributed by atoms with van der Waals surface area (Å²) in [6.45, 7) is 2.65. The van der Waals surface area contributed by atoms with Gasteiger partial charge in [-0.25, -0.2) is 22.3 Å². The standard InChI is InChI=1S/C12H16FNO5S/c1-7(6-15)5-14-20(18,19)11-4-9(12(16)17)3-10(13)8(11)2/h3-4,7,14-15H,5-6H2,1-2H3,(H,16,17). The summed E-state index contributed by atoms with van der Waals surface area (Å²) < 4.78 is 39.9. The van der Waals surface area contributed by atoms with Gasteiger partial charge in [-0.3, -0.25) is 0 Å². The summed E-state index contributed by atoms with van der Waals surface area (Å²) in [4.78, 5) is 10.4. The highest BCUT2D eigenvalue weighted by atomic mass is 32.2. The van der Waals surface area contributed by atoms with Crippen molar-refractivity contribution in [3.63, 3.8) is 0 Å². The van der Waals surface area contributed by atoms with Crippen molar-refractivity contribution in [2.75, 3.05) is 13.2 Å². The molecular formula is C12H16FNO5S. The number of halogens is 1. The number of carboxylic acids is 1. The predicted molar refractivity (Wildman–Crippen MR) is 69.5 cm³/mol. The zero-order valence-electron chi connectivity index (χ0n) is 11.1. The molecule has 0 aromatic heterocycles. The summed E-state index contributed by atoms with van der Waals surface area (Å²) in [5.41, 5.74) is -0.595. The molecule has 0 radical (unpaired) electrons. The predicted octanol–water partition coefficient (Wildman–Crippen LogP) is 0.739. The molecule has 6 nitrogen and oxygen atoms in total. The van der Waals surface area contributed by atoms with Gasteiger partial charge in [0.05, 0.1) is 10.5 Å². The van der Waals surface area contributed by atoms with E-state index in [0.29, 0.717) is 0 Å². The van der Waals surface area contributed by atoms with E-state index >= 15 is 0 Å². The van der Waals surface area contributed by atoms with Crippen LogP contribution in [0.3, 0.4) is 0 Å². The molecule has 0 aliphatic heterocycles. The number of hydrogen-bond acceptors (Lipinski definition) is 4. The molecule has 1 aromatic carbocycles. The molecule has 1 rings (SSSR count). The number of aliphatic hydroxyl groups excluding tert-OH is 1. The Labute approximate surface area is 116 Å². The van der Waals surface area contributed by atoms with Crippen molar-refractivity contribution in [3.8, 4) is 0 Å². The Morgan fingerprint density at radius 3 is 2.55 bits per heavy atom. The average molecular weight is 305 g/mol. The Kier molecular flexibility index (Phi) is 5.21. The second-order valence-electron chi connectivity index (χ2n) is 4.53. The number of benzene rings is 1. The summed E-state index contributed by atoms with van der Waals surface area (Å²) in [6, 6.07) is 1.68. The topological polar surface area (TPSA) is 104 Å². The maximum atomic E-state index is 13.6. The first kappa shape index (κ1) is 16.5. The van der Waals surface area contributed by atoms with Gasteiger partial charge in [-0.2, -0.15) is 0 Å². The maximum absolute atomic E-state index is 13.6. The third-order valence-electron chi connectivity index (χ3n) is 2.77. The lowest BCUT2D eigenvalue weighted by atomic mass is 10.1. The van der Waals surface area contributed by atoms with E-state index in [1.165, 1.54) is 6.92 Å². The van der Waals surface area contributed by atoms with Gasteiger partial charge in [0.1, 0.15) is 5.82 Å². The van der Waals surface area contributed by atoms with Crippen molar-refractivity contribution in [1.29, 1.82) is 0 Å². The van der Waals surface area contributed by atoms with E-state index in [1.54, 1.807) is 6.92 Å². The summed E-state index contributed by atoms with van der Waals surface area (Å²) in [5, 5.41) is 17.7. The Hall–Kier alpha value is -1.51. The highest BCUT2D eigenvalue weighted by Crippen LogP contribution is 2.20. The van der Waals surface area contributed by atoms with Crippen molar-refractivity contribution in [2.24, 2.45) is 5.92 Å². The molecule has 112 valence electrons. The van der Waals surface area contributed by atoms with Crippen molar-refractivity contribution in [2.45, 2.75) is 18.7 Å². The molecule has 0 heterocycles. The van der Waals surface area contributed by atoms with Gasteiger partial charge in [-0.1, -0.05) is 6.92 Å². The molecule has 0 spiro atoms. The summed E-state index contributed by atoms with van der Waals surface area (Å²) >= 11 is 0. The molecule has 3 N–H and O–H groups in total. The highest BCUT2D eigenvalue weighted by molar-refractivity contribution is 7.89. The van der Waals surface area contributed by atoms with Gasteiger partial charge < -0.3 is 10.2 Å². The molecule has 0 aliphatic carbocycles. The van der Waals surface area contributed by atoms with Crippen LogP contribution < -0.4 is 4.72 Å². The summed E-state index contributed by atoms with van der Waals surface area (Å²) in [7, 11) is -4.04. The van der Waals surface area contributed by atoms with Crippen LogP contribution in [0.5, 0.6) is 0 Å².